The summed E-state index contributed by atoms with van der Waals surface area (Å²) < 4.78 is 28.6. The summed E-state index contributed by atoms with van der Waals surface area (Å²) in [5, 5.41) is 94.6. The number of aliphatic hydroxyl groups is 8. The predicted octanol–water partition coefficient (Wildman–Crippen LogP) is -2.51. The monoisotopic (exact) mass is 755 g/mol. The third kappa shape index (κ3) is 11.0. The Kier molecular flexibility index (Phi) is 19.0. The Morgan fingerprint density at radius 1 is 0.673 bits per heavy atom. The molecule has 3 aliphatic heterocycles. The Morgan fingerprint density at radius 2 is 1.13 bits per heavy atom. The van der Waals surface area contributed by atoms with Crippen LogP contribution in [0.2, 0.25) is 0 Å². The summed E-state index contributed by atoms with van der Waals surface area (Å²) in [6.07, 6.45) is -4.76. The van der Waals surface area contributed by atoms with Gasteiger partial charge in [-0.2, -0.15) is 0 Å². The van der Waals surface area contributed by atoms with Crippen molar-refractivity contribution in [3.63, 3.8) is 0 Å². The second-order valence-corrected chi connectivity index (χ2v) is 14.5. The summed E-state index contributed by atoms with van der Waals surface area (Å²) in [6.45, 7) is -0.323. The summed E-state index contributed by atoms with van der Waals surface area (Å²) >= 11 is 0. The van der Waals surface area contributed by atoms with E-state index in [9.17, 15) is 50.8 Å². The van der Waals surface area contributed by atoms with E-state index in [1.165, 1.54) is 38.5 Å². The van der Waals surface area contributed by atoms with E-state index < -0.39 is 123 Å². The Hall–Kier alpha value is -1.17. The molecule has 0 aliphatic carbocycles. The van der Waals surface area contributed by atoms with Crippen LogP contribution in [-0.4, -0.2) is 163 Å². The first-order chi connectivity index (χ1) is 24.8. The summed E-state index contributed by atoms with van der Waals surface area (Å²) in [5.41, 5.74) is 15.9. The van der Waals surface area contributed by atoms with Gasteiger partial charge in [0.2, 0.25) is 0 Å². The first-order valence-corrected chi connectivity index (χ1v) is 18.8. The first kappa shape index (κ1) is 45.2. The fourth-order valence-corrected chi connectivity index (χ4v) is 7.40. The third-order valence-electron chi connectivity index (χ3n) is 10.8. The average Bonchev–Trinajstić information content (AvgIpc) is 3.13. The maximum Gasteiger partial charge on any atom is 0.309 e. The molecule has 0 aromatic rings. The van der Waals surface area contributed by atoms with Gasteiger partial charge in [0.25, 0.3) is 0 Å². The quantitative estimate of drug-likeness (QED) is 0.0508. The molecule has 3 fully saturated rings. The Labute approximate surface area is 305 Å². The van der Waals surface area contributed by atoms with Crippen LogP contribution < -0.4 is 17.2 Å². The van der Waals surface area contributed by atoms with Crippen molar-refractivity contribution in [2.75, 3.05) is 19.8 Å². The van der Waals surface area contributed by atoms with E-state index >= 15 is 0 Å². The second kappa shape index (κ2) is 21.8. The molecule has 3 unspecified atom stereocenters. The van der Waals surface area contributed by atoms with E-state index in [0.29, 0.717) is 12.8 Å². The smallest absolute Gasteiger partial charge is 0.309 e. The van der Waals surface area contributed by atoms with Crippen molar-refractivity contribution in [3.05, 3.63) is 0 Å². The summed E-state index contributed by atoms with van der Waals surface area (Å²) in [7, 11) is 0. The van der Waals surface area contributed by atoms with Crippen molar-refractivity contribution >= 4 is 5.97 Å². The highest BCUT2D eigenvalue weighted by molar-refractivity contribution is 5.72. The molecule has 0 amide bonds. The minimum atomic E-state index is -2.26. The molecule has 0 spiro atoms. The fourth-order valence-electron chi connectivity index (χ4n) is 7.40. The summed E-state index contributed by atoms with van der Waals surface area (Å²) in [4.78, 5) is 12.6. The standard InChI is InChI=1S/C34H65N3O15/c1-2-3-4-5-6-7-8-9-10-11-12-13-14-18(30(45)46)34(17-40)29(44)26(43)23(37)33(52-34)51-28-20(16-39)49-32(22(36)25(28)42)50-27-19(15-38)48-31(47)21(35)24(27)41/h18-29,31-33,38-44,47H,2-17,35-37H2,1H3,(H,45,46)/t18?,19-,20-,21-,22-,23-,24-,25-,26-,27?,28?,29+,31-,32+,33+,34+/m1/s1. The number of carboxylic acid groups (broad SMARTS) is 1. The fraction of sp³-hybridized carbons (Fsp3) is 0.971. The van der Waals surface area contributed by atoms with Gasteiger partial charge in [-0.05, 0) is 6.42 Å². The Bertz CT molecular complexity index is 1030. The zero-order valence-corrected chi connectivity index (χ0v) is 30.2. The molecule has 3 rings (SSSR count). The molecule has 0 saturated carbocycles. The molecule has 306 valence electrons. The lowest BCUT2D eigenvalue weighted by atomic mass is 9.75. The Balaban J connectivity index is 1.65. The van der Waals surface area contributed by atoms with Crippen molar-refractivity contribution in [2.24, 2.45) is 23.1 Å². The topological polar surface area (TPSA) is 323 Å². The molecule has 15 N–H and O–H groups in total. The van der Waals surface area contributed by atoms with Crippen LogP contribution in [-0.2, 0) is 28.5 Å². The molecule has 18 nitrogen and oxygen atoms in total. The summed E-state index contributed by atoms with van der Waals surface area (Å²) in [5.74, 6) is -2.87. The highest BCUT2D eigenvalue weighted by Crippen LogP contribution is 2.40. The predicted molar refractivity (Wildman–Crippen MR) is 183 cm³/mol. The zero-order valence-electron chi connectivity index (χ0n) is 30.2. The molecule has 3 heterocycles. The van der Waals surface area contributed by atoms with Crippen LogP contribution in [0.5, 0.6) is 0 Å². The van der Waals surface area contributed by atoms with Gasteiger partial charge in [0, 0.05) is 0 Å². The lowest BCUT2D eigenvalue weighted by Gasteiger charge is -2.52. The van der Waals surface area contributed by atoms with E-state index in [1.54, 1.807) is 0 Å². The Morgan fingerprint density at radius 3 is 1.63 bits per heavy atom. The van der Waals surface area contributed by atoms with Gasteiger partial charge < -0.3 is 86.8 Å². The number of aliphatic carboxylic acids is 1. The van der Waals surface area contributed by atoms with Crippen molar-refractivity contribution in [1.82, 2.24) is 0 Å². The number of carboxylic acids is 1. The van der Waals surface area contributed by atoms with E-state index in [0.717, 1.165) is 25.7 Å². The van der Waals surface area contributed by atoms with Crippen molar-refractivity contribution in [1.29, 1.82) is 0 Å². The molecular weight excluding hydrogens is 690 g/mol. The minimum Gasteiger partial charge on any atom is -0.481 e. The van der Waals surface area contributed by atoms with Gasteiger partial charge in [-0.15, -0.1) is 0 Å². The molecule has 0 aromatic carbocycles. The van der Waals surface area contributed by atoms with Crippen LogP contribution in [0.25, 0.3) is 0 Å². The van der Waals surface area contributed by atoms with Crippen LogP contribution in [0.3, 0.4) is 0 Å². The molecule has 52 heavy (non-hydrogen) atoms. The van der Waals surface area contributed by atoms with Gasteiger partial charge in [0.05, 0.1) is 43.9 Å². The maximum atomic E-state index is 12.6. The third-order valence-corrected chi connectivity index (χ3v) is 10.8. The van der Waals surface area contributed by atoms with Crippen LogP contribution in [0.1, 0.15) is 90.4 Å². The number of unbranched alkanes of at least 4 members (excludes halogenated alkanes) is 11. The largest absolute Gasteiger partial charge is 0.481 e. The minimum absolute atomic E-state index is 0.00361. The number of hydrogen-bond acceptors (Lipinski definition) is 17. The van der Waals surface area contributed by atoms with Crippen LogP contribution in [0.15, 0.2) is 0 Å². The molecule has 0 bridgehead atoms. The van der Waals surface area contributed by atoms with Crippen molar-refractivity contribution < 1.29 is 74.4 Å². The number of rotatable bonds is 22. The van der Waals surface area contributed by atoms with E-state index in [2.05, 4.69) is 6.92 Å². The number of carbonyl (C=O) groups is 1. The molecule has 3 aliphatic rings. The number of ether oxygens (including phenoxy) is 5. The molecule has 0 radical (unpaired) electrons. The van der Waals surface area contributed by atoms with Crippen LogP contribution in [0.4, 0.5) is 0 Å². The van der Waals surface area contributed by atoms with Crippen molar-refractivity contribution in [2.45, 2.75) is 182 Å². The van der Waals surface area contributed by atoms with E-state index in [-0.39, 0.29) is 6.42 Å². The lowest BCUT2D eigenvalue weighted by Crippen LogP contribution is -2.73. The zero-order chi connectivity index (χ0) is 38.6. The van der Waals surface area contributed by atoms with Gasteiger partial charge in [-0.3, -0.25) is 4.79 Å². The van der Waals surface area contributed by atoms with Crippen molar-refractivity contribution in [3.8, 4) is 0 Å². The SMILES string of the molecule is CCCCCCCCCCCCCCC(C(=O)O)[C@]1(CO)O[C@H](OC2[C@@H](CO)O[C@@H](OC3[C@@H](CO)O[C@@H](O)[C@H](N)[C@H]3O)[C@H](N)[C@H]2O)[C@H](N)[C@@H](O)[C@@H]1O. The highest BCUT2D eigenvalue weighted by atomic mass is 16.7. The number of hydrogen-bond donors (Lipinski definition) is 12. The molecule has 3 saturated heterocycles. The van der Waals surface area contributed by atoms with Crippen LogP contribution >= 0.6 is 0 Å². The van der Waals surface area contributed by atoms with Gasteiger partial charge in [-0.1, -0.05) is 84.0 Å². The number of nitrogens with two attached hydrogens (primary N) is 3. The first-order valence-electron chi connectivity index (χ1n) is 18.8. The highest BCUT2D eigenvalue weighted by Gasteiger charge is 2.60. The lowest BCUT2D eigenvalue weighted by molar-refractivity contribution is -0.365. The van der Waals surface area contributed by atoms with E-state index in [1.807, 2.05) is 0 Å². The second-order valence-electron chi connectivity index (χ2n) is 14.5. The van der Waals surface area contributed by atoms with E-state index in [4.69, 9.17) is 40.9 Å². The molecule has 16 atom stereocenters. The average molecular weight is 756 g/mol. The normalized spacial score (nSPS) is 40.5. The number of aliphatic hydroxyl groups excluding tert-OH is 8. The van der Waals surface area contributed by atoms with Gasteiger partial charge in [-0.25, -0.2) is 0 Å². The molecule has 18 heteroatoms. The molecular formula is C34H65N3O15. The van der Waals surface area contributed by atoms with Crippen LogP contribution in [0, 0.1) is 5.92 Å². The van der Waals surface area contributed by atoms with Gasteiger partial charge >= 0.3 is 5.97 Å². The van der Waals surface area contributed by atoms with Gasteiger partial charge in [0.15, 0.2) is 18.9 Å². The molecule has 0 aromatic heterocycles. The summed E-state index contributed by atoms with van der Waals surface area (Å²) in [6, 6.07) is -4.28. The van der Waals surface area contributed by atoms with Gasteiger partial charge in [0.1, 0.15) is 54.4 Å². The maximum absolute atomic E-state index is 12.6.